The molecule has 1 aromatic carbocycles. The van der Waals surface area contributed by atoms with Gasteiger partial charge < -0.3 is 0 Å². The fourth-order valence-corrected chi connectivity index (χ4v) is 4.57. The van der Waals surface area contributed by atoms with Gasteiger partial charge in [0.25, 0.3) is 0 Å². The van der Waals surface area contributed by atoms with E-state index in [-0.39, 0.29) is 16.2 Å². The molecule has 136 valence electrons. The third-order valence-electron chi connectivity index (χ3n) is 4.28. The van der Waals surface area contributed by atoms with Crippen molar-refractivity contribution < 1.29 is 0 Å². The molecule has 0 aliphatic heterocycles. The van der Waals surface area contributed by atoms with Crippen LogP contribution in [-0.2, 0) is 16.2 Å². The van der Waals surface area contributed by atoms with Gasteiger partial charge in [0, 0.05) is 10.6 Å². The van der Waals surface area contributed by atoms with Crippen LogP contribution in [0, 0.1) is 0 Å². The lowest BCUT2D eigenvalue weighted by molar-refractivity contribution is 0.554. The Morgan fingerprint density at radius 2 is 1.29 bits per heavy atom. The smallest absolute Gasteiger partial charge is 0.00896 e. The van der Waals surface area contributed by atoms with Gasteiger partial charge in [-0.15, -0.1) is 0 Å². The van der Waals surface area contributed by atoms with Crippen LogP contribution in [0.25, 0.3) is 0 Å². The maximum atomic E-state index is 3.54. The van der Waals surface area contributed by atoms with Gasteiger partial charge in [-0.3, -0.25) is 0 Å². The standard InChI is InChI=1S/C22H36BrP/c1-20(2,3)16-14-17(21(4,5)6)19(24-13-11-10-12-23)18(15-16)22(7,8)9/h13-15H,10-12H2,1-9H3. The van der Waals surface area contributed by atoms with Crippen molar-refractivity contribution in [3.05, 3.63) is 28.8 Å². The van der Waals surface area contributed by atoms with E-state index in [1.165, 1.54) is 43.0 Å². The first kappa shape index (κ1) is 21.9. The van der Waals surface area contributed by atoms with Crippen molar-refractivity contribution in [2.45, 2.75) is 91.4 Å². The second-order valence-electron chi connectivity index (χ2n) is 9.81. The topological polar surface area (TPSA) is 0 Å². The molecule has 0 bridgehead atoms. The summed E-state index contributed by atoms with van der Waals surface area (Å²) in [5.74, 6) is 2.44. The van der Waals surface area contributed by atoms with E-state index in [0.29, 0.717) is 0 Å². The zero-order valence-electron chi connectivity index (χ0n) is 17.2. The van der Waals surface area contributed by atoms with E-state index >= 15 is 0 Å². The molecule has 0 radical (unpaired) electrons. The lowest BCUT2D eigenvalue weighted by Crippen LogP contribution is -2.29. The van der Waals surface area contributed by atoms with E-state index in [0.717, 1.165) is 5.33 Å². The first-order valence-corrected chi connectivity index (χ1v) is 11.1. The lowest BCUT2D eigenvalue weighted by atomic mass is 9.75. The summed E-state index contributed by atoms with van der Waals surface area (Å²) in [5.41, 5.74) is 4.97. The number of benzene rings is 1. The maximum Gasteiger partial charge on any atom is 0.00896 e. The Morgan fingerprint density at radius 3 is 1.62 bits per heavy atom. The van der Waals surface area contributed by atoms with Crippen LogP contribution in [0.3, 0.4) is 0 Å². The highest BCUT2D eigenvalue weighted by Gasteiger charge is 2.28. The van der Waals surface area contributed by atoms with Gasteiger partial charge in [0.1, 0.15) is 0 Å². The summed E-state index contributed by atoms with van der Waals surface area (Å²) in [6, 6.07) is 4.94. The molecule has 0 saturated carbocycles. The minimum Gasteiger partial charge on any atom is -0.0928 e. The molecule has 0 atom stereocenters. The monoisotopic (exact) mass is 410 g/mol. The van der Waals surface area contributed by atoms with Crippen LogP contribution in [-0.4, -0.2) is 11.1 Å². The second kappa shape index (κ2) is 8.05. The fraction of sp³-hybridized carbons (Fsp3) is 0.682. The molecular weight excluding hydrogens is 375 g/mol. The Kier molecular flexibility index (Phi) is 7.35. The van der Waals surface area contributed by atoms with Gasteiger partial charge in [-0.05, 0) is 45.8 Å². The summed E-state index contributed by atoms with van der Waals surface area (Å²) < 4.78 is 0. The average molecular weight is 411 g/mol. The van der Waals surface area contributed by atoms with Gasteiger partial charge in [-0.1, -0.05) is 104 Å². The van der Waals surface area contributed by atoms with Gasteiger partial charge in [-0.2, -0.15) is 0 Å². The Bertz CT molecular complexity index is 542. The number of rotatable bonds is 4. The van der Waals surface area contributed by atoms with Crippen molar-refractivity contribution in [3.63, 3.8) is 0 Å². The van der Waals surface area contributed by atoms with Crippen molar-refractivity contribution in [1.29, 1.82) is 0 Å². The van der Waals surface area contributed by atoms with Crippen LogP contribution in [0.1, 0.15) is 91.8 Å². The van der Waals surface area contributed by atoms with E-state index in [4.69, 9.17) is 0 Å². The van der Waals surface area contributed by atoms with E-state index in [9.17, 15) is 0 Å². The maximum absolute atomic E-state index is 3.54. The van der Waals surface area contributed by atoms with Crippen LogP contribution in [0.5, 0.6) is 0 Å². The average Bonchev–Trinajstić information content (AvgIpc) is 2.39. The van der Waals surface area contributed by atoms with Gasteiger partial charge >= 0.3 is 0 Å². The predicted molar refractivity (Wildman–Crippen MR) is 118 cm³/mol. The molecule has 0 heterocycles. The van der Waals surface area contributed by atoms with E-state index < -0.39 is 0 Å². The third-order valence-corrected chi connectivity index (χ3v) is 6.02. The fourth-order valence-electron chi connectivity index (χ4n) is 2.67. The van der Waals surface area contributed by atoms with E-state index in [1.54, 1.807) is 0 Å². The molecule has 0 saturated heterocycles. The molecule has 0 aliphatic rings. The van der Waals surface area contributed by atoms with Crippen molar-refractivity contribution in [3.8, 4) is 0 Å². The van der Waals surface area contributed by atoms with Crippen LogP contribution in [0.15, 0.2) is 12.1 Å². The van der Waals surface area contributed by atoms with Gasteiger partial charge in [0.15, 0.2) is 0 Å². The van der Waals surface area contributed by atoms with Crippen molar-refractivity contribution >= 4 is 35.2 Å². The summed E-state index contributed by atoms with van der Waals surface area (Å²) in [6.07, 6.45) is 2.38. The highest BCUT2D eigenvalue weighted by Crippen LogP contribution is 2.35. The van der Waals surface area contributed by atoms with E-state index in [2.05, 4.69) is 96.2 Å². The molecule has 24 heavy (non-hydrogen) atoms. The summed E-state index contributed by atoms with van der Waals surface area (Å²) >= 11 is 3.54. The molecule has 0 unspecified atom stereocenters. The quantitative estimate of drug-likeness (QED) is 0.281. The molecule has 0 spiro atoms. The molecule has 1 aromatic rings. The molecule has 0 aromatic heterocycles. The molecule has 0 N–H and O–H groups in total. The minimum atomic E-state index is 0.160. The van der Waals surface area contributed by atoms with Gasteiger partial charge in [0.05, 0.1) is 0 Å². The highest BCUT2D eigenvalue weighted by molar-refractivity contribution is 9.09. The lowest BCUT2D eigenvalue weighted by Gasteiger charge is -2.32. The number of hydrogen-bond donors (Lipinski definition) is 0. The molecule has 0 fully saturated rings. The van der Waals surface area contributed by atoms with Crippen LogP contribution < -0.4 is 5.30 Å². The summed E-state index contributed by atoms with van der Waals surface area (Å²) in [5, 5.41) is 2.61. The van der Waals surface area contributed by atoms with Crippen LogP contribution in [0.2, 0.25) is 0 Å². The Hall–Kier alpha value is -0.130. The molecule has 0 nitrogen and oxygen atoms in total. The number of hydrogen-bond acceptors (Lipinski definition) is 0. The third kappa shape index (κ3) is 5.99. The minimum absolute atomic E-state index is 0.160. The van der Waals surface area contributed by atoms with Gasteiger partial charge in [-0.25, -0.2) is 0 Å². The molecule has 2 heteroatoms. The number of unbranched alkanes of at least 4 members (excludes halogenated alkanes) is 1. The molecule has 1 rings (SSSR count). The summed E-state index contributed by atoms with van der Waals surface area (Å²) in [7, 11) is 1.37. The Morgan fingerprint density at radius 1 is 0.833 bits per heavy atom. The molecular formula is C22H36BrP. The Balaban J connectivity index is 3.65. The first-order valence-electron chi connectivity index (χ1n) is 9.06. The predicted octanol–water partition coefficient (Wildman–Crippen LogP) is 7.13. The molecule has 0 aliphatic carbocycles. The zero-order valence-corrected chi connectivity index (χ0v) is 19.7. The van der Waals surface area contributed by atoms with E-state index in [1.807, 2.05) is 0 Å². The van der Waals surface area contributed by atoms with Crippen molar-refractivity contribution in [2.24, 2.45) is 0 Å². The number of halogens is 1. The largest absolute Gasteiger partial charge is 0.0928 e. The highest BCUT2D eigenvalue weighted by atomic mass is 79.9. The summed E-state index contributed by atoms with van der Waals surface area (Å²) in [4.78, 5) is 0. The van der Waals surface area contributed by atoms with Gasteiger partial charge in [0.2, 0.25) is 0 Å². The second-order valence-corrected chi connectivity index (χ2v) is 11.7. The zero-order chi connectivity index (χ0) is 18.8. The Labute approximate surface area is 160 Å². The SMILES string of the molecule is CC(C)(C)c1cc(C(C)(C)C)c(P=CCCCBr)c(C(C)(C)C)c1. The first-order chi connectivity index (χ1) is 10.8. The van der Waals surface area contributed by atoms with Crippen molar-refractivity contribution in [2.75, 3.05) is 5.33 Å². The normalized spacial score (nSPS) is 13.8. The molecule has 0 amide bonds. The van der Waals surface area contributed by atoms with Crippen LogP contribution >= 0.6 is 24.1 Å². The summed E-state index contributed by atoms with van der Waals surface area (Å²) in [6.45, 7) is 21.0. The van der Waals surface area contributed by atoms with Crippen LogP contribution in [0.4, 0.5) is 0 Å². The number of alkyl halides is 1. The van der Waals surface area contributed by atoms with Crippen molar-refractivity contribution in [1.82, 2.24) is 0 Å².